The van der Waals surface area contributed by atoms with Gasteiger partial charge in [-0.3, -0.25) is 28.2 Å². The number of hydrogen-bond acceptors (Lipinski definition) is 13. The van der Waals surface area contributed by atoms with Crippen molar-refractivity contribution in [2.24, 2.45) is 0 Å². The van der Waals surface area contributed by atoms with Crippen molar-refractivity contribution >= 4 is 37.3 Å². The number of anilines is 1. The van der Waals surface area contributed by atoms with Gasteiger partial charge in [0.15, 0.2) is 6.23 Å². The first-order chi connectivity index (χ1) is 18.9. The number of phosphoric ester groups is 1. The number of nitrogens with zero attached hydrogens (tertiary/aromatic N) is 2. The summed E-state index contributed by atoms with van der Waals surface area (Å²) >= 11 is 6.04. The van der Waals surface area contributed by atoms with Gasteiger partial charge in [0.1, 0.15) is 23.6 Å². The van der Waals surface area contributed by atoms with Gasteiger partial charge in [0.05, 0.1) is 19.3 Å². The summed E-state index contributed by atoms with van der Waals surface area (Å²) < 4.78 is 45.1. The third kappa shape index (κ3) is 7.06. The predicted octanol–water partition coefficient (Wildman–Crippen LogP) is 2.28. The molecule has 3 heterocycles. The number of carbonyl (C=O) groups is 2. The van der Waals surface area contributed by atoms with Crippen molar-refractivity contribution in [1.82, 2.24) is 9.55 Å². The molecular weight excluding hydrogens is 577 g/mol. The summed E-state index contributed by atoms with van der Waals surface area (Å²) in [6.07, 6.45) is -4.35. The molecule has 2 aliphatic rings. The fourth-order valence-corrected chi connectivity index (χ4v) is 5.61. The highest BCUT2D eigenvalue weighted by molar-refractivity contribution is 7.48. The van der Waals surface area contributed by atoms with Crippen molar-refractivity contribution in [3.63, 3.8) is 0 Å². The Morgan fingerprint density at radius 3 is 2.80 bits per heavy atom. The molecule has 2 fully saturated rings. The van der Waals surface area contributed by atoms with Crippen LogP contribution in [-0.2, 0) is 37.1 Å². The van der Waals surface area contributed by atoms with Gasteiger partial charge in [-0.2, -0.15) is 4.98 Å². The SMILES string of the molecule is CC(=O)OCOC(=O)Nc1ccn([C@@H]2O[C@H](COP3(=O)OCC[C@@H](c4cccc(Cl)c4)O3)[C@@H](O)[C@@]2(C)O)c(=O)n1. The average molecular weight is 604 g/mol. The maximum atomic E-state index is 13.1. The number of ether oxygens (including phenoxy) is 3. The van der Waals surface area contributed by atoms with Gasteiger partial charge in [0.2, 0.25) is 6.79 Å². The highest BCUT2D eigenvalue weighted by Gasteiger charge is 2.54. The van der Waals surface area contributed by atoms with Gasteiger partial charge >= 0.3 is 25.6 Å². The second kappa shape index (κ2) is 12.3. The van der Waals surface area contributed by atoms with Crippen LogP contribution in [0.2, 0.25) is 5.02 Å². The van der Waals surface area contributed by atoms with Crippen LogP contribution in [0.1, 0.15) is 38.2 Å². The van der Waals surface area contributed by atoms with E-state index in [2.05, 4.69) is 19.8 Å². The van der Waals surface area contributed by atoms with Gasteiger partial charge in [-0.1, -0.05) is 23.7 Å². The van der Waals surface area contributed by atoms with E-state index in [0.29, 0.717) is 17.0 Å². The number of hydrogen-bond donors (Lipinski definition) is 3. The van der Waals surface area contributed by atoms with E-state index in [-0.39, 0.29) is 12.4 Å². The molecule has 1 aromatic carbocycles. The molecule has 15 nitrogen and oxygen atoms in total. The molecule has 3 N–H and O–H groups in total. The van der Waals surface area contributed by atoms with Gasteiger partial charge in [-0.15, -0.1) is 0 Å². The van der Waals surface area contributed by atoms with Crippen molar-refractivity contribution in [3.05, 3.63) is 57.6 Å². The number of amides is 1. The van der Waals surface area contributed by atoms with E-state index in [0.717, 1.165) is 17.7 Å². The molecule has 2 aliphatic heterocycles. The molecule has 1 aromatic heterocycles. The van der Waals surface area contributed by atoms with Crippen molar-refractivity contribution < 1.29 is 52.1 Å². The molecule has 2 aromatic rings. The summed E-state index contributed by atoms with van der Waals surface area (Å²) in [5, 5.41) is 24.3. The lowest BCUT2D eigenvalue weighted by Gasteiger charge is -2.30. The molecule has 218 valence electrons. The Kier molecular flexibility index (Phi) is 9.27. The van der Waals surface area contributed by atoms with Crippen molar-refractivity contribution in [2.45, 2.75) is 50.4 Å². The zero-order valence-corrected chi connectivity index (χ0v) is 22.9. The third-order valence-electron chi connectivity index (χ3n) is 6.02. The van der Waals surface area contributed by atoms with Gasteiger partial charge in [0, 0.05) is 24.6 Å². The van der Waals surface area contributed by atoms with Gasteiger partial charge in [-0.25, -0.2) is 14.2 Å². The summed E-state index contributed by atoms with van der Waals surface area (Å²) in [4.78, 5) is 38.8. The number of aromatic nitrogens is 2. The average Bonchev–Trinajstić information content (AvgIpc) is 3.11. The molecule has 2 saturated heterocycles. The normalized spacial score (nSPS) is 30.0. The lowest BCUT2D eigenvalue weighted by atomic mass is 9.96. The molecule has 0 spiro atoms. The number of aliphatic hydroxyl groups excluding tert-OH is 1. The molecule has 4 rings (SSSR count). The lowest BCUT2D eigenvalue weighted by Crippen LogP contribution is -2.46. The van der Waals surface area contributed by atoms with Crippen LogP contribution in [-0.4, -0.2) is 69.6 Å². The first-order valence-corrected chi connectivity index (χ1v) is 13.8. The summed E-state index contributed by atoms with van der Waals surface area (Å²) in [7, 11) is -4.08. The van der Waals surface area contributed by atoms with Crippen LogP contribution in [0, 0.1) is 0 Å². The van der Waals surface area contributed by atoms with Crippen molar-refractivity contribution in [2.75, 3.05) is 25.3 Å². The molecule has 6 atom stereocenters. The maximum absolute atomic E-state index is 13.1. The molecule has 0 aliphatic carbocycles. The quantitative estimate of drug-likeness (QED) is 0.226. The lowest BCUT2D eigenvalue weighted by molar-refractivity contribution is -0.148. The minimum atomic E-state index is -4.08. The van der Waals surface area contributed by atoms with E-state index in [9.17, 15) is 29.2 Å². The monoisotopic (exact) mass is 603 g/mol. The molecule has 0 bridgehead atoms. The second-order valence-corrected chi connectivity index (χ2v) is 11.1. The predicted molar refractivity (Wildman–Crippen MR) is 135 cm³/mol. The maximum Gasteiger partial charge on any atom is 0.475 e. The largest absolute Gasteiger partial charge is 0.475 e. The number of halogens is 1. The smallest absolute Gasteiger partial charge is 0.428 e. The third-order valence-corrected chi connectivity index (χ3v) is 7.73. The van der Waals surface area contributed by atoms with Gasteiger partial charge < -0.3 is 24.4 Å². The number of aliphatic hydroxyl groups is 2. The number of carbonyl (C=O) groups excluding carboxylic acids is 2. The van der Waals surface area contributed by atoms with E-state index >= 15 is 0 Å². The Bertz CT molecular complexity index is 1350. The van der Waals surface area contributed by atoms with Gasteiger partial charge in [0.25, 0.3) is 0 Å². The first-order valence-electron chi connectivity index (χ1n) is 11.9. The van der Waals surface area contributed by atoms with Gasteiger partial charge in [-0.05, 0) is 30.7 Å². The molecule has 17 heteroatoms. The summed E-state index contributed by atoms with van der Waals surface area (Å²) in [5.41, 5.74) is -2.28. The van der Waals surface area contributed by atoms with Crippen LogP contribution < -0.4 is 11.0 Å². The minimum absolute atomic E-state index is 0.0710. The van der Waals surface area contributed by atoms with Crippen LogP contribution in [0.5, 0.6) is 0 Å². The fourth-order valence-electron chi connectivity index (χ4n) is 4.02. The zero-order chi connectivity index (χ0) is 29.1. The Morgan fingerprint density at radius 2 is 2.10 bits per heavy atom. The highest BCUT2D eigenvalue weighted by Crippen LogP contribution is 2.57. The molecule has 40 heavy (non-hydrogen) atoms. The van der Waals surface area contributed by atoms with E-state index in [1.807, 2.05) is 0 Å². The Morgan fingerprint density at radius 1 is 1.32 bits per heavy atom. The number of phosphoric acid groups is 1. The van der Waals surface area contributed by atoms with E-state index < -0.39 is 69.1 Å². The van der Waals surface area contributed by atoms with Crippen LogP contribution in [0.3, 0.4) is 0 Å². The number of benzene rings is 1. The summed E-state index contributed by atoms with van der Waals surface area (Å²) in [6.45, 7) is 1.29. The molecule has 1 amide bonds. The van der Waals surface area contributed by atoms with Crippen LogP contribution in [0.15, 0.2) is 41.3 Å². The van der Waals surface area contributed by atoms with Crippen LogP contribution in [0.4, 0.5) is 10.6 Å². The zero-order valence-electron chi connectivity index (χ0n) is 21.3. The molecule has 0 radical (unpaired) electrons. The van der Waals surface area contributed by atoms with E-state index in [1.165, 1.54) is 13.0 Å². The van der Waals surface area contributed by atoms with E-state index in [1.54, 1.807) is 24.3 Å². The fraction of sp³-hybridized carbons (Fsp3) is 0.478. The topological polar surface area (TPSA) is 194 Å². The van der Waals surface area contributed by atoms with Crippen molar-refractivity contribution in [1.29, 1.82) is 0 Å². The van der Waals surface area contributed by atoms with Crippen LogP contribution >= 0.6 is 19.4 Å². The standard InChI is InChI=1S/C23H27ClN3O12P/c1-13(28)34-12-35-22(31)26-18-6-8-27(21(30)25-18)20-23(2,32)19(29)17(38-20)11-37-40(33)36-9-7-16(39-40)14-4-3-5-15(24)10-14/h3-6,8,10,16-17,19-20,29,32H,7,9,11-12H2,1-2H3,(H,25,26,30,31)/t16-,17+,19+,20+,23+,40?/m0/s1. The van der Waals surface area contributed by atoms with Crippen molar-refractivity contribution in [3.8, 4) is 0 Å². The number of esters is 1. The Hall–Kier alpha value is -2.88. The van der Waals surface area contributed by atoms with Crippen LogP contribution in [0.25, 0.3) is 0 Å². The molecule has 0 saturated carbocycles. The first kappa shape index (κ1) is 30.1. The number of rotatable bonds is 8. The highest BCUT2D eigenvalue weighted by atomic mass is 35.5. The Labute approximate surface area is 232 Å². The summed E-state index contributed by atoms with van der Waals surface area (Å²) in [6, 6.07) is 8.06. The Balaban J connectivity index is 1.39. The second-order valence-electron chi connectivity index (χ2n) is 9.02. The van der Waals surface area contributed by atoms with E-state index in [4.69, 9.17) is 29.9 Å². The molecule has 1 unspecified atom stereocenters. The molecular formula is C23H27ClN3O12P. The number of nitrogens with one attached hydrogen (secondary N) is 1. The summed E-state index contributed by atoms with van der Waals surface area (Å²) in [5.74, 6) is -0.859. The minimum Gasteiger partial charge on any atom is -0.428 e.